The van der Waals surface area contributed by atoms with E-state index in [-0.39, 0.29) is 31.1 Å². The molecule has 6 nitrogen and oxygen atoms in total. The van der Waals surface area contributed by atoms with Crippen molar-refractivity contribution < 1.29 is 28.6 Å². The molecular formula is C50H88O6. The van der Waals surface area contributed by atoms with Gasteiger partial charge in [-0.1, -0.05) is 204 Å². The second-order valence-electron chi connectivity index (χ2n) is 15.6. The Kier molecular flexibility index (Phi) is 43.0. The van der Waals surface area contributed by atoms with Crippen LogP contribution in [0.1, 0.15) is 233 Å². The van der Waals surface area contributed by atoms with Crippen molar-refractivity contribution in [3.05, 3.63) is 48.6 Å². The van der Waals surface area contributed by atoms with Gasteiger partial charge < -0.3 is 14.2 Å². The van der Waals surface area contributed by atoms with Gasteiger partial charge in [-0.2, -0.15) is 0 Å². The lowest BCUT2D eigenvalue weighted by molar-refractivity contribution is -0.167. The van der Waals surface area contributed by atoms with Gasteiger partial charge in [-0.25, -0.2) is 0 Å². The van der Waals surface area contributed by atoms with Crippen molar-refractivity contribution >= 4 is 17.9 Å². The fourth-order valence-electron chi connectivity index (χ4n) is 6.55. The summed E-state index contributed by atoms with van der Waals surface area (Å²) in [5, 5.41) is 0. The Bertz CT molecular complexity index is 996. The number of rotatable bonds is 42. The Labute approximate surface area is 346 Å². The highest BCUT2D eigenvalue weighted by Crippen LogP contribution is 2.15. The second kappa shape index (κ2) is 45.1. The van der Waals surface area contributed by atoms with E-state index in [9.17, 15) is 14.4 Å². The third-order valence-electron chi connectivity index (χ3n) is 10.1. The Morgan fingerprint density at radius 3 is 1.09 bits per heavy atom. The van der Waals surface area contributed by atoms with E-state index < -0.39 is 6.10 Å². The molecule has 0 radical (unpaired) electrons. The predicted molar refractivity (Wildman–Crippen MR) is 238 cm³/mol. The molecule has 0 heterocycles. The average Bonchev–Trinajstić information content (AvgIpc) is 3.19. The minimum Gasteiger partial charge on any atom is -0.462 e. The normalized spacial score (nSPS) is 12.4. The van der Waals surface area contributed by atoms with E-state index in [1.807, 2.05) is 0 Å². The maximum atomic E-state index is 12.7. The molecule has 0 aromatic heterocycles. The van der Waals surface area contributed by atoms with Crippen molar-refractivity contribution in [1.82, 2.24) is 0 Å². The fourth-order valence-corrected chi connectivity index (χ4v) is 6.55. The molecule has 0 aromatic rings. The first-order chi connectivity index (χ1) is 27.5. The number of allylic oxidation sites excluding steroid dienone is 8. The van der Waals surface area contributed by atoms with Gasteiger partial charge in [0.2, 0.25) is 0 Å². The molecule has 0 saturated carbocycles. The van der Waals surface area contributed by atoms with Gasteiger partial charge >= 0.3 is 17.9 Å². The molecule has 1 atom stereocenters. The number of hydrogen-bond acceptors (Lipinski definition) is 6. The molecule has 0 fully saturated rings. The maximum absolute atomic E-state index is 12.7. The van der Waals surface area contributed by atoms with Crippen LogP contribution in [0.3, 0.4) is 0 Å². The van der Waals surface area contributed by atoms with Crippen molar-refractivity contribution in [3.63, 3.8) is 0 Å². The van der Waals surface area contributed by atoms with Gasteiger partial charge in [-0.15, -0.1) is 0 Å². The average molecular weight is 785 g/mol. The molecule has 0 saturated heterocycles. The number of carbonyl (C=O) groups excluding carboxylic acids is 3. The van der Waals surface area contributed by atoms with Gasteiger partial charge in [0, 0.05) is 19.3 Å². The van der Waals surface area contributed by atoms with Gasteiger partial charge in [-0.05, 0) is 57.8 Å². The topological polar surface area (TPSA) is 78.9 Å². The first-order valence-electron chi connectivity index (χ1n) is 23.6. The Morgan fingerprint density at radius 1 is 0.375 bits per heavy atom. The second-order valence-corrected chi connectivity index (χ2v) is 15.6. The molecule has 1 unspecified atom stereocenters. The highest BCUT2D eigenvalue weighted by atomic mass is 16.6. The quantitative estimate of drug-likeness (QED) is 0.0265. The van der Waals surface area contributed by atoms with Crippen LogP contribution in [0.15, 0.2) is 48.6 Å². The van der Waals surface area contributed by atoms with Gasteiger partial charge in [0.05, 0.1) is 0 Å². The lowest BCUT2D eigenvalue weighted by atomic mass is 10.0. The number of unbranched alkanes of at least 4 members (excludes halogenated alkanes) is 23. The summed E-state index contributed by atoms with van der Waals surface area (Å²) in [5.74, 6) is -0.915. The molecule has 56 heavy (non-hydrogen) atoms. The minimum absolute atomic E-state index is 0.0803. The summed E-state index contributed by atoms with van der Waals surface area (Å²) < 4.78 is 16.6. The summed E-state index contributed by atoms with van der Waals surface area (Å²) in [6, 6.07) is 0. The molecular weight excluding hydrogens is 697 g/mol. The summed E-state index contributed by atoms with van der Waals surface area (Å²) in [6.45, 7) is 6.42. The van der Waals surface area contributed by atoms with Crippen LogP contribution in [0.25, 0.3) is 0 Å². The lowest BCUT2D eigenvalue weighted by Crippen LogP contribution is -2.30. The Balaban J connectivity index is 4.23. The monoisotopic (exact) mass is 785 g/mol. The maximum Gasteiger partial charge on any atom is 0.306 e. The summed E-state index contributed by atoms with van der Waals surface area (Å²) in [4.78, 5) is 37.5. The van der Waals surface area contributed by atoms with Crippen molar-refractivity contribution in [3.8, 4) is 0 Å². The first kappa shape index (κ1) is 53.4. The van der Waals surface area contributed by atoms with Crippen molar-refractivity contribution in [2.24, 2.45) is 0 Å². The number of hydrogen-bond donors (Lipinski definition) is 0. The molecule has 0 aliphatic heterocycles. The van der Waals surface area contributed by atoms with E-state index in [1.165, 1.54) is 89.9 Å². The molecule has 0 amide bonds. The highest BCUT2D eigenvalue weighted by Gasteiger charge is 2.19. The van der Waals surface area contributed by atoms with Crippen molar-refractivity contribution in [2.45, 2.75) is 239 Å². The Morgan fingerprint density at radius 2 is 0.696 bits per heavy atom. The number of carbonyl (C=O) groups is 3. The smallest absolute Gasteiger partial charge is 0.306 e. The SMILES string of the molecule is CC/C=C\C/C=C\C/C=C\C/C=C\CCCCCCC(=O)OCC(COC(=O)CCCCCCC)OC(=O)CCCCCCCCCCCCCCCCCC. The highest BCUT2D eigenvalue weighted by molar-refractivity contribution is 5.71. The molecule has 0 spiro atoms. The van der Waals surface area contributed by atoms with Crippen LogP contribution in [0.5, 0.6) is 0 Å². The van der Waals surface area contributed by atoms with E-state index in [2.05, 4.69) is 69.4 Å². The third kappa shape index (κ3) is 42.5. The van der Waals surface area contributed by atoms with Crippen LogP contribution in [-0.4, -0.2) is 37.2 Å². The number of ether oxygens (including phenoxy) is 3. The first-order valence-corrected chi connectivity index (χ1v) is 23.6. The van der Waals surface area contributed by atoms with Crippen LogP contribution >= 0.6 is 0 Å². The van der Waals surface area contributed by atoms with Crippen LogP contribution in [0.4, 0.5) is 0 Å². The lowest BCUT2D eigenvalue weighted by Gasteiger charge is -2.18. The van der Waals surface area contributed by atoms with Crippen molar-refractivity contribution in [2.75, 3.05) is 13.2 Å². The molecule has 6 heteroatoms. The van der Waals surface area contributed by atoms with Gasteiger partial charge in [0.15, 0.2) is 6.10 Å². The summed E-state index contributed by atoms with van der Waals surface area (Å²) in [5.41, 5.74) is 0. The van der Waals surface area contributed by atoms with Crippen LogP contribution in [-0.2, 0) is 28.6 Å². The van der Waals surface area contributed by atoms with E-state index >= 15 is 0 Å². The standard InChI is InChI=1S/C50H88O6/c1-4-7-10-13-15-17-19-21-23-25-27-28-30-32-34-37-40-43-49(52)55-46-47(45-54-48(51)42-39-36-12-9-6-3)56-50(53)44-41-38-35-33-31-29-26-24-22-20-18-16-14-11-8-5-2/h7,10,15,17,21,23,27-28,47H,4-6,8-9,11-14,16,18-20,22,24-26,29-46H2,1-3H3/b10-7-,17-15-,23-21-,28-27-. The van der Waals surface area contributed by atoms with E-state index in [0.29, 0.717) is 19.3 Å². The zero-order chi connectivity index (χ0) is 40.8. The largest absolute Gasteiger partial charge is 0.462 e. The number of esters is 3. The van der Waals surface area contributed by atoms with Gasteiger partial charge in [-0.3, -0.25) is 14.4 Å². The molecule has 0 aliphatic rings. The molecule has 324 valence electrons. The molecule has 0 aliphatic carbocycles. The zero-order valence-electron chi connectivity index (χ0n) is 36.9. The fraction of sp³-hybridized carbons (Fsp3) is 0.780. The van der Waals surface area contributed by atoms with Crippen LogP contribution < -0.4 is 0 Å². The van der Waals surface area contributed by atoms with Gasteiger partial charge in [0.25, 0.3) is 0 Å². The molecule has 0 rings (SSSR count). The zero-order valence-corrected chi connectivity index (χ0v) is 36.9. The van der Waals surface area contributed by atoms with E-state index in [0.717, 1.165) is 103 Å². The summed E-state index contributed by atoms with van der Waals surface area (Å²) in [7, 11) is 0. The van der Waals surface area contributed by atoms with E-state index in [4.69, 9.17) is 14.2 Å². The molecule has 0 N–H and O–H groups in total. The third-order valence-corrected chi connectivity index (χ3v) is 10.1. The minimum atomic E-state index is -0.775. The van der Waals surface area contributed by atoms with Crippen LogP contribution in [0, 0.1) is 0 Å². The predicted octanol–water partition coefficient (Wildman–Crippen LogP) is 15.1. The van der Waals surface area contributed by atoms with Crippen LogP contribution in [0.2, 0.25) is 0 Å². The van der Waals surface area contributed by atoms with Crippen molar-refractivity contribution in [1.29, 1.82) is 0 Å². The Hall–Kier alpha value is -2.63. The molecule has 0 aromatic carbocycles. The molecule has 0 bridgehead atoms. The summed E-state index contributed by atoms with van der Waals surface area (Å²) >= 11 is 0. The van der Waals surface area contributed by atoms with E-state index in [1.54, 1.807) is 0 Å². The summed E-state index contributed by atoms with van der Waals surface area (Å²) in [6.07, 6.45) is 52.7. The van der Waals surface area contributed by atoms with Gasteiger partial charge in [0.1, 0.15) is 13.2 Å².